The number of amides is 2. The summed E-state index contributed by atoms with van der Waals surface area (Å²) in [5.41, 5.74) is 1.14. The van der Waals surface area contributed by atoms with Crippen LogP contribution in [-0.4, -0.2) is 30.1 Å². The van der Waals surface area contributed by atoms with E-state index < -0.39 is 23.2 Å². The maximum Gasteiger partial charge on any atom is 0.443 e. The van der Waals surface area contributed by atoms with Crippen LogP contribution >= 0.6 is 11.3 Å². The van der Waals surface area contributed by atoms with E-state index in [4.69, 9.17) is 4.74 Å². The number of aromatic nitrogens is 1. The second kappa shape index (κ2) is 6.71. The zero-order chi connectivity index (χ0) is 18.0. The van der Waals surface area contributed by atoms with Gasteiger partial charge in [-0.25, -0.2) is 9.78 Å². The van der Waals surface area contributed by atoms with Crippen molar-refractivity contribution in [3.8, 4) is 0 Å². The van der Waals surface area contributed by atoms with Crippen molar-refractivity contribution < 1.29 is 27.5 Å². The predicted octanol–water partition coefficient (Wildman–Crippen LogP) is 3.05. The highest BCUT2D eigenvalue weighted by Gasteiger charge is 2.35. The van der Waals surface area contributed by atoms with Gasteiger partial charge in [0.15, 0.2) is 5.01 Å². The van der Waals surface area contributed by atoms with Crippen molar-refractivity contribution in [3.05, 3.63) is 45.9 Å². The van der Waals surface area contributed by atoms with Gasteiger partial charge in [-0.3, -0.25) is 9.69 Å². The average Bonchev–Trinajstić information content (AvgIpc) is 3.22. The van der Waals surface area contributed by atoms with E-state index in [1.807, 2.05) is 0 Å². The van der Waals surface area contributed by atoms with Gasteiger partial charge in [-0.05, 0) is 17.7 Å². The summed E-state index contributed by atoms with van der Waals surface area (Å²) in [5, 5.41) is 2.52. The minimum atomic E-state index is -4.56. The molecule has 132 valence electrons. The summed E-state index contributed by atoms with van der Waals surface area (Å²) in [7, 11) is 0. The van der Waals surface area contributed by atoms with Gasteiger partial charge in [0.25, 0.3) is 5.91 Å². The van der Waals surface area contributed by atoms with Gasteiger partial charge in [0.05, 0.1) is 6.54 Å². The fourth-order valence-corrected chi connectivity index (χ4v) is 2.87. The van der Waals surface area contributed by atoms with Crippen molar-refractivity contribution in [2.45, 2.75) is 12.7 Å². The molecule has 0 radical (unpaired) electrons. The van der Waals surface area contributed by atoms with Crippen LogP contribution < -0.4 is 10.2 Å². The average molecular weight is 371 g/mol. The lowest BCUT2D eigenvalue weighted by atomic mass is 10.2. The molecule has 2 aromatic rings. The fourth-order valence-electron chi connectivity index (χ4n) is 2.20. The Bertz CT molecular complexity index is 789. The van der Waals surface area contributed by atoms with Gasteiger partial charge in [0.2, 0.25) is 0 Å². The van der Waals surface area contributed by atoms with Crippen LogP contribution in [0, 0.1) is 0 Å². The van der Waals surface area contributed by atoms with Crippen molar-refractivity contribution >= 4 is 29.0 Å². The van der Waals surface area contributed by atoms with Crippen molar-refractivity contribution in [2.24, 2.45) is 0 Å². The smallest absolute Gasteiger partial charge is 0.443 e. The van der Waals surface area contributed by atoms with E-state index in [1.54, 1.807) is 24.3 Å². The molecule has 1 aromatic carbocycles. The molecule has 2 heterocycles. The number of nitrogens with zero attached hydrogens (tertiary/aromatic N) is 2. The van der Waals surface area contributed by atoms with Gasteiger partial charge in [-0.2, -0.15) is 13.2 Å². The summed E-state index contributed by atoms with van der Waals surface area (Å²) in [6, 6.07) is 6.84. The normalized spacial score (nSPS) is 14.5. The van der Waals surface area contributed by atoms with Crippen molar-refractivity contribution in [1.29, 1.82) is 0 Å². The van der Waals surface area contributed by atoms with Gasteiger partial charge in [0.1, 0.15) is 12.3 Å². The Morgan fingerprint density at radius 3 is 2.60 bits per heavy atom. The fraction of sp³-hybridized carbons (Fsp3) is 0.267. The summed E-state index contributed by atoms with van der Waals surface area (Å²) in [4.78, 5) is 28.1. The van der Waals surface area contributed by atoms with Gasteiger partial charge in [0, 0.05) is 17.6 Å². The monoisotopic (exact) mass is 371 g/mol. The highest BCUT2D eigenvalue weighted by molar-refractivity contribution is 7.09. The van der Waals surface area contributed by atoms with Gasteiger partial charge in [-0.1, -0.05) is 12.1 Å². The van der Waals surface area contributed by atoms with Crippen molar-refractivity contribution in [2.75, 3.05) is 18.1 Å². The number of halogens is 3. The largest absolute Gasteiger partial charge is 0.447 e. The van der Waals surface area contributed by atoms with E-state index >= 15 is 0 Å². The Balaban J connectivity index is 1.59. The third kappa shape index (κ3) is 3.90. The Kier molecular flexibility index (Phi) is 4.62. The first-order valence-electron chi connectivity index (χ1n) is 7.19. The van der Waals surface area contributed by atoms with Crippen LogP contribution in [0.4, 0.5) is 23.7 Å². The molecule has 2 amide bonds. The van der Waals surface area contributed by atoms with Gasteiger partial charge in [-0.15, -0.1) is 11.3 Å². The zero-order valence-corrected chi connectivity index (χ0v) is 13.5. The summed E-state index contributed by atoms with van der Waals surface area (Å²) in [5.74, 6) is -0.682. The number of hydrogen-bond acceptors (Lipinski definition) is 5. The number of carbonyl (C=O) groups excluding carboxylic acids is 2. The lowest BCUT2D eigenvalue weighted by Crippen LogP contribution is -2.24. The number of cyclic esters (lactones) is 1. The number of ether oxygens (including phenoxy) is 1. The topological polar surface area (TPSA) is 71.5 Å². The Morgan fingerprint density at radius 2 is 2.04 bits per heavy atom. The number of rotatable bonds is 4. The molecular formula is C15H12F3N3O3S. The van der Waals surface area contributed by atoms with Crippen LogP contribution in [-0.2, 0) is 17.5 Å². The summed E-state index contributed by atoms with van der Waals surface area (Å²) in [6.07, 6.45) is -4.97. The molecule has 0 atom stereocenters. The van der Waals surface area contributed by atoms with Crippen LogP contribution in [0.15, 0.2) is 29.6 Å². The Morgan fingerprint density at radius 1 is 1.32 bits per heavy atom. The molecule has 1 aliphatic heterocycles. The lowest BCUT2D eigenvalue weighted by molar-refractivity contribution is -0.137. The molecule has 0 spiro atoms. The molecule has 10 heteroatoms. The minimum Gasteiger partial charge on any atom is -0.447 e. The lowest BCUT2D eigenvalue weighted by Gasteiger charge is -2.13. The molecule has 0 unspecified atom stereocenters. The first kappa shape index (κ1) is 17.2. The van der Waals surface area contributed by atoms with Crippen LogP contribution in [0.3, 0.4) is 0 Å². The van der Waals surface area contributed by atoms with E-state index in [2.05, 4.69) is 10.3 Å². The number of thiazole rings is 1. The first-order valence-corrected chi connectivity index (χ1v) is 8.07. The second-order valence-corrected chi connectivity index (χ2v) is 6.01. The van der Waals surface area contributed by atoms with Crippen molar-refractivity contribution in [1.82, 2.24) is 10.3 Å². The van der Waals surface area contributed by atoms with E-state index in [0.717, 1.165) is 10.9 Å². The maximum absolute atomic E-state index is 12.5. The molecule has 3 rings (SSSR count). The summed E-state index contributed by atoms with van der Waals surface area (Å²) >= 11 is 0.377. The van der Waals surface area contributed by atoms with E-state index in [0.29, 0.717) is 30.2 Å². The molecule has 0 bridgehead atoms. The Labute approximate surface area is 144 Å². The predicted molar refractivity (Wildman–Crippen MR) is 83.4 cm³/mol. The van der Waals surface area contributed by atoms with E-state index in [9.17, 15) is 22.8 Å². The molecule has 25 heavy (non-hydrogen) atoms. The van der Waals surface area contributed by atoms with Crippen LogP contribution in [0.5, 0.6) is 0 Å². The molecule has 1 aromatic heterocycles. The highest BCUT2D eigenvalue weighted by atomic mass is 32.1. The number of hydrogen-bond donors (Lipinski definition) is 1. The van der Waals surface area contributed by atoms with E-state index in [-0.39, 0.29) is 12.2 Å². The number of nitrogens with one attached hydrogen (secondary N) is 1. The molecule has 1 N–H and O–H groups in total. The standard InChI is InChI=1S/C15H12F3N3O3S/c16-15(17,18)13-20-11(8-25-13)12(22)19-7-9-1-3-10(4-2-9)21-5-6-24-14(21)23/h1-4,8H,5-7H2,(H,19,22). The number of carbonyl (C=O) groups is 2. The third-order valence-electron chi connectivity index (χ3n) is 3.44. The Hall–Kier alpha value is -2.62. The number of benzene rings is 1. The quantitative estimate of drug-likeness (QED) is 0.897. The molecule has 1 saturated heterocycles. The van der Waals surface area contributed by atoms with Crippen LogP contribution in [0.1, 0.15) is 21.1 Å². The molecule has 1 fully saturated rings. The molecule has 6 nitrogen and oxygen atoms in total. The maximum atomic E-state index is 12.5. The molecular weight excluding hydrogens is 359 g/mol. The van der Waals surface area contributed by atoms with Crippen molar-refractivity contribution in [3.63, 3.8) is 0 Å². The number of alkyl halides is 3. The van der Waals surface area contributed by atoms with E-state index in [1.165, 1.54) is 4.90 Å². The third-order valence-corrected chi connectivity index (χ3v) is 4.33. The van der Waals surface area contributed by atoms with Crippen LogP contribution in [0.2, 0.25) is 0 Å². The summed E-state index contributed by atoms with van der Waals surface area (Å²) in [6.45, 7) is 0.937. The van der Waals surface area contributed by atoms with Gasteiger partial charge < -0.3 is 10.1 Å². The highest BCUT2D eigenvalue weighted by Crippen LogP contribution is 2.31. The van der Waals surface area contributed by atoms with Crippen LogP contribution in [0.25, 0.3) is 0 Å². The number of anilines is 1. The minimum absolute atomic E-state index is 0.127. The SMILES string of the molecule is O=C(NCc1ccc(N2CCOC2=O)cc1)c1csc(C(F)(F)F)n1. The molecule has 1 aliphatic rings. The molecule has 0 saturated carbocycles. The summed E-state index contributed by atoms with van der Waals surface area (Å²) < 4.78 is 42.3. The van der Waals surface area contributed by atoms with Gasteiger partial charge >= 0.3 is 12.3 Å². The zero-order valence-electron chi connectivity index (χ0n) is 12.7. The molecule has 0 aliphatic carbocycles. The first-order chi connectivity index (χ1) is 11.8. The second-order valence-electron chi connectivity index (χ2n) is 5.15.